The minimum Gasteiger partial charge on any atom is -0.350 e. The summed E-state index contributed by atoms with van der Waals surface area (Å²) in [5.74, 6) is -1.00. The van der Waals surface area contributed by atoms with Gasteiger partial charge in [-0.1, -0.05) is 12.1 Å². The van der Waals surface area contributed by atoms with E-state index < -0.39 is 10.8 Å². The molecule has 3 aromatic rings. The van der Waals surface area contributed by atoms with Crippen LogP contribution in [0.2, 0.25) is 0 Å². The summed E-state index contributed by atoms with van der Waals surface area (Å²) in [5.41, 5.74) is 0.807. The molecule has 9 nitrogen and oxygen atoms in total. The summed E-state index contributed by atoms with van der Waals surface area (Å²) in [6.45, 7) is 0.557. The molecular weight excluding hydrogens is 420 g/mol. The molecule has 3 rings (SSSR count). The number of amides is 3. The highest BCUT2D eigenvalue weighted by atomic mass is 32.1. The van der Waals surface area contributed by atoms with Gasteiger partial charge >= 0.3 is 0 Å². The number of carbonyl (C=O) groups excluding carboxylic acids is 3. The van der Waals surface area contributed by atoms with Crippen molar-refractivity contribution in [2.24, 2.45) is 0 Å². The molecule has 3 amide bonds. The Hall–Kier alpha value is -4.05. The third-order valence-corrected chi connectivity index (χ3v) is 5.03. The number of hydrogen-bond acceptors (Lipinski definition) is 6. The second-order valence-corrected chi connectivity index (χ2v) is 7.28. The molecule has 0 atom stereocenters. The molecule has 0 bridgehead atoms. The second kappa shape index (κ2) is 10.1. The first kappa shape index (κ1) is 21.7. The smallest absolute Gasteiger partial charge is 0.270 e. The fourth-order valence-electron chi connectivity index (χ4n) is 2.62. The number of carbonyl (C=O) groups is 3. The van der Waals surface area contributed by atoms with Crippen molar-refractivity contribution in [2.45, 2.75) is 0 Å². The van der Waals surface area contributed by atoms with Gasteiger partial charge in [-0.15, -0.1) is 11.3 Å². The number of nitro groups is 1. The molecule has 0 saturated carbocycles. The average Bonchev–Trinajstić information content (AvgIpc) is 3.32. The number of thiophene rings is 1. The van der Waals surface area contributed by atoms with Crippen LogP contribution in [0.5, 0.6) is 0 Å². The third-order valence-electron chi connectivity index (χ3n) is 4.17. The third kappa shape index (κ3) is 5.97. The van der Waals surface area contributed by atoms with E-state index in [4.69, 9.17) is 0 Å². The van der Waals surface area contributed by atoms with Crippen LogP contribution >= 0.6 is 11.3 Å². The maximum Gasteiger partial charge on any atom is 0.270 e. The van der Waals surface area contributed by atoms with Crippen molar-refractivity contribution in [3.63, 3.8) is 0 Å². The molecule has 0 aliphatic heterocycles. The van der Waals surface area contributed by atoms with Gasteiger partial charge in [-0.3, -0.25) is 24.5 Å². The Morgan fingerprint density at radius 3 is 2.19 bits per heavy atom. The van der Waals surface area contributed by atoms with E-state index in [0.29, 0.717) is 22.7 Å². The number of anilines is 1. The quantitative estimate of drug-likeness (QED) is 0.283. The average molecular weight is 438 g/mol. The molecule has 0 fully saturated rings. The van der Waals surface area contributed by atoms with Gasteiger partial charge in [-0.25, -0.2) is 0 Å². The van der Waals surface area contributed by atoms with Gasteiger partial charge in [-0.05, 0) is 41.8 Å². The molecule has 158 valence electrons. The minimum absolute atomic E-state index is 0.153. The summed E-state index contributed by atoms with van der Waals surface area (Å²) in [6.07, 6.45) is 0. The van der Waals surface area contributed by atoms with Crippen LogP contribution < -0.4 is 16.0 Å². The minimum atomic E-state index is -0.572. The zero-order chi connectivity index (χ0) is 22.2. The molecule has 2 aromatic carbocycles. The van der Waals surface area contributed by atoms with Gasteiger partial charge in [0, 0.05) is 42.0 Å². The number of nitro benzene ring substituents is 1. The van der Waals surface area contributed by atoms with E-state index in [1.807, 2.05) is 5.38 Å². The lowest BCUT2D eigenvalue weighted by Gasteiger charge is -2.08. The monoisotopic (exact) mass is 438 g/mol. The summed E-state index contributed by atoms with van der Waals surface area (Å²) in [4.78, 5) is 47.2. The molecule has 1 heterocycles. The molecule has 31 heavy (non-hydrogen) atoms. The highest BCUT2D eigenvalue weighted by Crippen LogP contribution is 2.16. The molecule has 0 unspecified atom stereocenters. The number of nitrogens with zero attached hydrogens (tertiary/aromatic N) is 1. The summed E-state index contributed by atoms with van der Waals surface area (Å²) < 4.78 is 0. The van der Waals surface area contributed by atoms with E-state index >= 15 is 0 Å². The Morgan fingerprint density at radius 1 is 0.839 bits per heavy atom. The van der Waals surface area contributed by atoms with Crippen molar-refractivity contribution in [3.05, 3.63) is 92.2 Å². The van der Waals surface area contributed by atoms with Crippen LogP contribution in [0.3, 0.4) is 0 Å². The Morgan fingerprint density at radius 2 is 1.55 bits per heavy atom. The SMILES string of the molecule is O=C(NCCNC(=O)c1cccs1)c1ccc(NC(=O)c2cccc([N+](=O)[O-])c2)cc1. The summed E-state index contributed by atoms with van der Waals surface area (Å²) in [6, 6.07) is 15.1. The molecule has 0 aliphatic carbocycles. The maximum absolute atomic E-state index is 12.3. The van der Waals surface area contributed by atoms with E-state index in [2.05, 4.69) is 16.0 Å². The molecular formula is C21H18N4O5S. The van der Waals surface area contributed by atoms with E-state index in [-0.39, 0.29) is 29.6 Å². The van der Waals surface area contributed by atoms with Gasteiger partial charge < -0.3 is 16.0 Å². The predicted octanol–water partition coefficient (Wildman–Crippen LogP) is 3.07. The number of hydrogen-bond donors (Lipinski definition) is 3. The molecule has 1 aromatic heterocycles. The normalized spacial score (nSPS) is 10.2. The molecule has 0 saturated heterocycles. The van der Waals surface area contributed by atoms with Crippen LogP contribution in [-0.2, 0) is 0 Å². The Balaban J connectivity index is 1.48. The highest BCUT2D eigenvalue weighted by Gasteiger charge is 2.12. The van der Waals surface area contributed by atoms with Crippen LogP contribution in [0.15, 0.2) is 66.0 Å². The maximum atomic E-state index is 12.3. The van der Waals surface area contributed by atoms with Crippen LogP contribution in [0.4, 0.5) is 11.4 Å². The van der Waals surface area contributed by atoms with E-state index in [1.165, 1.54) is 35.6 Å². The van der Waals surface area contributed by atoms with Crippen LogP contribution in [0.1, 0.15) is 30.4 Å². The molecule has 0 radical (unpaired) electrons. The largest absolute Gasteiger partial charge is 0.350 e. The van der Waals surface area contributed by atoms with Crippen molar-refractivity contribution in [3.8, 4) is 0 Å². The van der Waals surface area contributed by atoms with E-state index in [1.54, 1.807) is 36.4 Å². The number of benzene rings is 2. The zero-order valence-corrected chi connectivity index (χ0v) is 17.0. The lowest BCUT2D eigenvalue weighted by atomic mass is 10.1. The van der Waals surface area contributed by atoms with Gasteiger partial charge in [0.2, 0.25) is 0 Å². The summed E-state index contributed by atoms with van der Waals surface area (Å²) >= 11 is 1.34. The number of nitrogens with one attached hydrogen (secondary N) is 3. The van der Waals surface area contributed by atoms with Crippen LogP contribution in [0, 0.1) is 10.1 Å². The van der Waals surface area contributed by atoms with Crippen LogP contribution in [0.25, 0.3) is 0 Å². The van der Waals surface area contributed by atoms with Gasteiger partial charge in [0.25, 0.3) is 23.4 Å². The van der Waals surface area contributed by atoms with Gasteiger partial charge in [-0.2, -0.15) is 0 Å². The Bertz CT molecular complexity index is 1100. The molecule has 0 spiro atoms. The van der Waals surface area contributed by atoms with E-state index in [9.17, 15) is 24.5 Å². The predicted molar refractivity (Wildman–Crippen MR) is 116 cm³/mol. The first-order chi connectivity index (χ1) is 14.9. The fourth-order valence-corrected chi connectivity index (χ4v) is 3.26. The van der Waals surface area contributed by atoms with Crippen LogP contribution in [-0.4, -0.2) is 35.7 Å². The second-order valence-electron chi connectivity index (χ2n) is 6.33. The molecule has 0 aliphatic rings. The lowest BCUT2D eigenvalue weighted by Crippen LogP contribution is -2.34. The van der Waals surface area contributed by atoms with Crippen molar-refractivity contribution in [1.29, 1.82) is 0 Å². The van der Waals surface area contributed by atoms with Gasteiger partial charge in [0.15, 0.2) is 0 Å². The summed E-state index contributed by atoms with van der Waals surface area (Å²) in [7, 11) is 0. The standard InChI is InChI=1S/C21H18N4O5S/c26-19(22-10-11-23-21(28)18-5-2-12-31-18)14-6-8-16(9-7-14)24-20(27)15-3-1-4-17(13-15)25(29)30/h1-9,12-13H,10-11H2,(H,22,26)(H,23,28)(H,24,27). The first-order valence-electron chi connectivity index (χ1n) is 9.20. The number of non-ortho nitro benzene ring substituents is 1. The van der Waals surface area contributed by atoms with Crippen molar-refractivity contribution < 1.29 is 19.3 Å². The number of rotatable bonds is 8. The van der Waals surface area contributed by atoms with Crippen molar-refractivity contribution in [1.82, 2.24) is 10.6 Å². The Labute approximate surface area is 181 Å². The lowest BCUT2D eigenvalue weighted by molar-refractivity contribution is -0.384. The van der Waals surface area contributed by atoms with Gasteiger partial charge in [0.05, 0.1) is 9.80 Å². The van der Waals surface area contributed by atoms with Crippen molar-refractivity contribution in [2.75, 3.05) is 18.4 Å². The topological polar surface area (TPSA) is 130 Å². The van der Waals surface area contributed by atoms with Gasteiger partial charge in [0.1, 0.15) is 0 Å². The fraction of sp³-hybridized carbons (Fsp3) is 0.0952. The van der Waals surface area contributed by atoms with Crippen molar-refractivity contribution >= 4 is 40.4 Å². The highest BCUT2D eigenvalue weighted by molar-refractivity contribution is 7.12. The molecule has 10 heteroatoms. The molecule has 3 N–H and O–H groups in total. The Kier molecular flexibility index (Phi) is 7.07. The first-order valence-corrected chi connectivity index (χ1v) is 10.1. The zero-order valence-electron chi connectivity index (χ0n) is 16.2. The van der Waals surface area contributed by atoms with E-state index in [0.717, 1.165) is 0 Å². The summed E-state index contributed by atoms with van der Waals surface area (Å²) in [5, 5.41) is 20.7.